The first-order chi connectivity index (χ1) is 13.5. The van der Waals surface area contributed by atoms with Crippen molar-refractivity contribution in [3.8, 4) is 0 Å². The number of urea groups is 1. The SMILES string of the molecule is CC=NC(N)=O.O=C(/C=C/C(=O)OCc1ccccc1)OCc1ccccc1. The number of carbonyl (C=O) groups excluding carboxylic acids is 3. The molecule has 7 heteroatoms. The van der Waals surface area contributed by atoms with E-state index >= 15 is 0 Å². The van der Waals surface area contributed by atoms with Crippen molar-refractivity contribution in [1.82, 2.24) is 0 Å². The highest BCUT2D eigenvalue weighted by Gasteiger charge is 2.02. The molecule has 0 radical (unpaired) electrons. The van der Waals surface area contributed by atoms with Gasteiger partial charge in [-0.15, -0.1) is 0 Å². The fourth-order valence-corrected chi connectivity index (χ4v) is 1.82. The molecular weight excluding hydrogens is 360 g/mol. The normalized spacial score (nSPS) is 10.2. The number of aliphatic imine (C=N–C) groups is 1. The van der Waals surface area contributed by atoms with Crippen molar-refractivity contribution in [3.63, 3.8) is 0 Å². The van der Waals surface area contributed by atoms with Crippen LogP contribution in [0.25, 0.3) is 0 Å². The minimum atomic E-state index is -0.641. The standard InChI is InChI=1S/C18H16O4.C3H6N2O/c19-17(21-13-15-7-3-1-4-8-15)11-12-18(20)22-14-16-9-5-2-6-10-16;1-2-5-3(4)6/h1-12H,13-14H2;2H,1H3,(H2,4,6)/b12-11+;. The molecule has 0 heterocycles. The summed E-state index contributed by atoms with van der Waals surface area (Å²) in [6, 6.07) is 18.0. The van der Waals surface area contributed by atoms with Gasteiger partial charge in [-0.3, -0.25) is 0 Å². The average Bonchev–Trinajstić information content (AvgIpc) is 2.71. The number of nitrogens with two attached hydrogens (primary N) is 1. The lowest BCUT2D eigenvalue weighted by molar-refractivity contribution is -0.141. The van der Waals surface area contributed by atoms with Crippen molar-refractivity contribution >= 4 is 24.2 Å². The average molecular weight is 382 g/mol. The molecule has 0 aliphatic rings. The highest BCUT2D eigenvalue weighted by molar-refractivity contribution is 5.91. The number of rotatable bonds is 6. The Labute approximate surface area is 163 Å². The third-order valence-electron chi connectivity index (χ3n) is 3.06. The smallest absolute Gasteiger partial charge is 0.337 e. The van der Waals surface area contributed by atoms with Crippen molar-refractivity contribution in [3.05, 3.63) is 83.9 Å². The second-order valence-electron chi connectivity index (χ2n) is 5.25. The van der Waals surface area contributed by atoms with Gasteiger partial charge in [-0.25, -0.2) is 19.4 Å². The Morgan fingerprint density at radius 3 is 1.50 bits per heavy atom. The summed E-state index contributed by atoms with van der Waals surface area (Å²) in [5.41, 5.74) is 6.34. The summed E-state index contributed by atoms with van der Waals surface area (Å²) in [4.78, 5) is 35.7. The van der Waals surface area contributed by atoms with Gasteiger partial charge >= 0.3 is 18.0 Å². The van der Waals surface area contributed by atoms with Gasteiger partial charge in [0.15, 0.2) is 0 Å². The van der Waals surface area contributed by atoms with Crippen molar-refractivity contribution in [1.29, 1.82) is 0 Å². The van der Waals surface area contributed by atoms with Gasteiger partial charge < -0.3 is 15.2 Å². The number of benzene rings is 2. The molecule has 0 saturated carbocycles. The van der Waals surface area contributed by atoms with Gasteiger partial charge in [0.05, 0.1) is 0 Å². The molecule has 2 rings (SSSR count). The number of ether oxygens (including phenoxy) is 2. The number of hydrogen-bond donors (Lipinski definition) is 1. The Hall–Kier alpha value is -3.74. The van der Waals surface area contributed by atoms with Crippen LogP contribution in [0.5, 0.6) is 0 Å². The lowest BCUT2D eigenvalue weighted by Crippen LogP contribution is -2.04. The number of primary amides is 1. The molecule has 2 amide bonds. The quantitative estimate of drug-likeness (QED) is 0.469. The van der Waals surface area contributed by atoms with Gasteiger partial charge in [-0.05, 0) is 18.1 Å². The zero-order chi connectivity index (χ0) is 20.6. The molecule has 0 atom stereocenters. The number of amides is 2. The molecule has 2 aromatic rings. The Kier molecular flexibility index (Phi) is 10.7. The van der Waals surface area contributed by atoms with E-state index in [1.807, 2.05) is 60.7 Å². The maximum absolute atomic E-state index is 11.5. The molecule has 0 unspecified atom stereocenters. The Morgan fingerprint density at radius 2 is 1.21 bits per heavy atom. The first kappa shape index (κ1) is 22.3. The number of esters is 2. The van der Waals surface area contributed by atoms with Crippen LogP contribution in [0.3, 0.4) is 0 Å². The number of hydrogen-bond acceptors (Lipinski definition) is 5. The van der Waals surface area contributed by atoms with E-state index in [1.54, 1.807) is 6.92 Å². The zero-order valence-corrected chi connectivity index (χ0v) is 15.5. The highest BCUT2D eigenvalue weighted by Crippen LogP contribution is 2.02. The van der Waals surface area contributed by atoms with E-state index in [0.717, 1.165) is 23.3 Å². The van der Waals surface area contributed by atoms with Crippen LogP contribution in [0.4, 0.5) is 4.79 Å². The minimum Gasteiger partial charge on any atom is -0.458 e. The van der Waals surface area contributed by atoms with Crippen LogP contribution in [0.15, 0.2) is 77.8 Å². The topological polar surface area (TPSA) is 108 Å². The van der Waals surface area contributed by atoms with E-state index in [2.05, 4.69) is 10.7 Å². The van der Waals surface area contributed by atoms with Crippen LogP contribution in [-0.2, 0) is 32.3 Å². The Balaban J connectivity index is 0.000000568. The van der Waals surface area contributed by atoms with E-state index in [9.17, 15) is 14.4 Å². The van der Waals surface area contributed by atoms with Gasteiger partial charge in [0.25, 0.3) is 0 Å². The summed E-state index contributed by atoms with van der Waals surface area (Å²) < 4.78 is 10.0. The lowest BCUT2D eigenvalue weighted by Gasteiger charge is -2.02. The van der Waals surface area contributed by atoms with E-state index in [1.165, 1.54) is 6.21 Å². The van der Waals surface area contributed by atoms with Crippen molar-refractivity contribution in [2.24, 2.45) is 10.7 Å². The lowest BCUT2D eigenvalue weighted by atomic mass is 10.2. The zero-order valence-electron chi connectivity index (χ0n) is 15.5. The predicted octanol–water partition coefficient (Wildman–Crippen LogP) is 3.19. The fraction of sp³-hybridized carbons (Fsp3) is 0.143. The first-order valence-electron chi connectivity index (χ1n) is 8.38. The first-order valence-corrected chi connectivity index (χ1v) is 8.38. The number of carbonyl (C=O) groups is 3. The molecule has 0 aliphatic carbocycles. The molecule has 0 aromatic heterocycles. The van der Waals surface area contributed by atoms with E-state index in [0.29, 0.717) is 0 Å². The van der Waals surface area contributed by atoms with Crippen molar-refractivity contribution < 1.29 is 23.9 Å². The molecule has 2 aromatic carbocycles. The highest BCUT2D eigenvalue weighted by atomic mass is 16.5. The molecule has 2 N–H and O–H groups in total. The molecule has 28 heavy (non-hydrogen) atoms. The van der Waals surface area contributed by atoms with E-state index < -0.39 is 18.0 Å². The Morgan fingerprint density at radius 1 is 0.821 bits per heavy atom. The van der Waals surface area contributed by atoms with Crippen molar-refractivity contribution in [2.75, 3.05) is 0 Å². The van der Waals surface area contributed by atoms with Crippen LogP contribution in [0, 0.1) is 0 Å². The third-order valence-corrected chi connectivity index (χ3v) is 3.06. The molecular formula is C21H22N2O5. The summed E-state index contributed by atoms with van der Waals surface area (Å²) in [6.45, 7) is 1.97. The molecule has 0 spiro atoms. The van der Waals surface area contributed by atoms with Crippen LogP contribution >= 0.6 is 0 Å². The summed E-state index contributed by atoms with van der Waals surface area (Å²) in [7, 11) is 0. The molecule has 0 saturated heterocycles. The van der Waals surface area contributed by atoms with E-state index in [4.69, 9.17) is 9.47 Å². The largest absolute Gasteiger partial charge is 0.458 e. The molecule has 0 aliphatic heterocycles. The second-order valence-corrected chi connectivity index (χ2v) is 5.25. The third kappa shape index (κ3) is 11.0. The van der Waals surface area contributed by atoms with Crippen molar-refractivity contribution in [2.45, 2.75) is 20.1 Å². The molecule has 0 fully saturated rings. The number of nitrogens with zero attached hydrogens (tertiary/aromatic N) is 1. The summed E-state index contributed by atoms with van der Waals surface area (Å²) in [5.74, 6) is -1.17. The van der Waals surface area contributed by atoms with Gasteiger partial charge in [0, 0.05) is 18.4 Å². The van der Waals surface area contributed by atoms with Gasteiger partial charge in [0.2, 0.25) is 0 Å². The minimum absolute atomic E-state index is 0.170. The van der Waals surface area contributed by atoms with Crippen LogP contribution < -0.4 is 5.73 Å². The van der Waals surface area contributed by atoms with Crippen LogP contribution in [-0.4, -0.2) is 24.2 Å². The van der Waals surface area contributed by atoms with Gasteiger partial charge in [-0.2, -0.15) is 0 Å². The maximum Gasteiger partial charge on any atom is 0.337 e. The van der Waals surface area contributed by atoms with Gasteiger partial charge in [-0.1, -0.05) is 60.7 Å². The van der Waals surface area contributed by atoms with Gasteiger partial charge in [0.1, 0.15) is 13.2 Å². The molecule has 146 valence electrons. The Bertz CT molecular complexity index is 745. The predicted molar refractivity (Wildman–Crippen MR) is 105 cm³/mol. The summed E-state index contributed by atoms with van der Waals surface area (Å²) in [5, 5.41) is 0. The van der Waals surface area contributed by atoms with E-state index in [-0.39, 0.29) is 13.2 Å². The summed E-state index contributed by atoms with van der Waals surface area (Å²) >= 11 is 0. The second kappa shape index (κ2) is 13.5. The van der Waals surface area contributed by atoms with Crippen LogP contribution in [0.2, 0.25) is 0 Å². The maximum atomic E-state index is 11.5. The summed E-state index contributed by atoms with van der Waals surface area (Å²) in [6.07, 6.45) is 3.48. The molecule has 7 nitrogen and oxygen atoms in total. The monoisotopic (exact) mass is 382 g/mol. The molecule has 0 bridgehead atoms. The van der Waals surface area contributed by atoms with Crippen LogP contribution in [0.1, 0.15) is 18.1 Å². The fourth-order valence-electron chi connectivity index (χ4n) is 1.82.